The number of halogens is 1. The fraction of sp³-hybridized carbons (Fsp3) is 0.409. The van der Waals surface area contributed by atoms with Gasteiger partial charge in [0.05, 0.1) is 5.56 Å². The quantitative estimate of drug-likeness (QED) is 0.648. The minimum Gasteiger partial charge on any atom is -0.508 e. The molecule has 1 unspecified atom stereocenters. The predicted molar refractivity (Wildman–Crippen MR) is 113 cm³/mol. The molecule has 1 saturated heterocycles. The van der Waals surface area contributed by atoms with Crippen molar-refractivity contribution in [3.05, 3.63) is 52.5 Å². The summed E-state index contributed by atoms with van der Waals surface area (Å²) in [7, 11) is 1.52. The molecule has 0 radical (unpaired) electrons. The Bertz CT molecular complexity index is 953. The lowest BCUT2D eigenvalue weighted by Crippen LogP contribution is -2.40. The van der Waals surface area contributed by atoms with Crippen molar-refractivity contribution in [2.45, 2.75) is 24.5 Å². The van der Waals surface area contributed by atoms with Crippen molar-refractivity contribution in [2.75, 3.05) is 33.3 Å². The minimum absolute atomic E-state index is 0.00758. The number of hydrogen-bond donors (Lipinski definition) is 3. The molecule has 2 atom stereocenters. The third-order valence-electron chi connectivity index (χ3n) is 5.59. The van der Waals surface area contributed by atoms with E-state index in [1.54, 1.807) is 0 Å². The monoisotopic (exact) mass is 432 g/mol. The molecule has 1 amide bonds. The molecule has 2 heterocycles. The average Bonchev–Trinajstić information content (AvgIpc) is 3.27. The van der Waals surface area contributed by atoms with E-state index in [1.165, 1.54) is 25.2 Å². The number of phenolic OH excluding ortho intramolecular Hbond substituents is 1. The number of carbonyl (C=O) groups is 1. The molecule has 2 aliphatic heterocycles. The van der Waals surface area contributed by atoms with Gasteiger partial charge < -0.3 is 25.0 Å². The first-order valence-electron chi connectivity index (χ1n) is 9.93. The van der Waals surface area contributed by atoms with Crippen LogP contribution in [-0.2, 0) is 6.42 Å². The number of ether oxygens (including phenoxy) is 2. The van der Waals surface area contributed by atoms with E-state index in [-0.39, 0.29) is 29.6 Å². The summed E-state index contributed by atoms with van der Waals surface area (Å²) >= 11 is 6.10. The molecular weight excluding hydrogens is 408 g/mol. The molecular formula is C22H25ClN2O5. The number of likely N-dealkylation sites (tertiary alicyclic amines) is 1. The molecule has 2 aromatic rings. The number of β-amino-alcohol motifs (C(OH)–C–C–N with tert-alkyl or cyclic N) is 1. The van der Waals surface area contributed by atoms with Gasteiger partial charge in [0.15, 0.2) is 0 Å². The second-order valence-electron chi connectivity index (χ2n) is 7.92. The van der Waals surface area contributed by atoms with E-state index in [2.05, 4.69) is 10.2 Å². The molecule has 1 fully saturated rings. The molecule has 2 aromatic carbocycles. The molecule has 2 aliphatic rings. The van der Waals surface area contributed by atoms with Crippen molar-refractivity contribution in [3.63, 3.8) is 0 Å². The highest BCUT2D eigenvalue weighted by atomic mass is 35.5. The van der Waals surface area contributed by atoms with Crippen molar-refractivity contribution < 1.29 is 24.5 Å². The smallest absolute Gasteiger partial charge is 0.254 e. The zero-order valence-electron chi connectivity index (χ0n) is 16.7. The summed E-state index contributed by atoms with van der Waals surface area (Å²) in [6, 6.07) is 9.98. The van der Waals surface area contributed by atoms with Gasteiger partial charge in [0.2, 0.25) is 0 Å². The van der Waals surface area contributed by atoms with Crippen molar-refractivity contribution in [1.29, 1.82) is 0 Å². The van der Waals surface area contributed by atoms with Gasteiger partial charge in [-0.05, 0) is 35.9 Å². The number of nitrogens with one attached hydrogen (secondary N) is 1. The number of fused-ring (bicyclic) bond motifs is 1. The van der Waals surface area contributed by atoms with Gasteiger partial charge in [0.1, 0.15) is 35.6 Å². The molecule has 160 valence electrons. The molecule has 0 saturated carbocycles. The number of nitrogens with zero attached hydrogens (tertiary/aromatic N) is 1. The van der Waals surface area contributed by atoms with Crippen molar-refractivity contribution >= 4 is 17.5 Å². The summed E-state index contributed by atoms with van der Waals surface area (Å²) < 4.78 is 11.9. The number of phenols is 1. The lowest BCUT2D eigenvalue weighted by molar-refractivity contribution is 0.0589. The number of amides is 1. The maximum Gasteiger partial charge on any atom is 0.254 e. The number of aromatic hydroxyl groups is 1. The Morgan fingerprint density at radius 3 is 3.00 bits per heavy atom. The molecule has 7 nitrogen and oxygen atoms in total. The van der Waals surface area contributed by atoms with Gasteiger partial charge in [0, 0.05) is 50.6 Å². The Morgan fingerprint density at radius 1 is 1.37 bits per heavy atom. The van der Waals surface area contributed by atoms with Crippen LogP contribution in [0.15, 0.2) is 36.4 Å². The topological polar surface area (TPSA) is 91.3 Å². The number of carbonyl (C=O) groups excluding carboxylic acids is 1. The normalized spacial score (nSPS) is 21.3. The highest BCUT2D eigenvalue weighted by Gasteiger charge is 2.45. The second-order valence-corrected chi connectivity index (χ2v) is 8.36. The molecule has 3 N–H and O–H groups in total. The van der Waals surface area contributed by atoms with Gasteiger partial charge in [-0.1, -0.05) is 11.6 Å². The number of aliphatic hydroxyl groups is 1. The van der Waals surface area contributed by atoms with Crippen LogP contribution in [0.5, 0.6) is 17.2 Å². The Hall–Kier alpha value is -2.48. The van der Waals surface area contributed by atoms with Crippen LogP contribution in [-0.4, -0.2) is 66.0 Å². The SMILES string of the molecule is CNC(=O)c1ccc(O)cc1OC[C@@H](O)CN1CCC2(Cc3cc(Cl)ccc3O2)C1. The first-order chi connectivity index (χ1) is 14.4. The average molecular weight is 433 g/mol. The zero-order valence-corrected chi connectivity index (χ0v) is 17.5. The minimum atomic E-state index is -0.752. The summed E-state index contributed by atoms with van der Waals surface area (Å²) in [4.78, 5) is 14.1. The first kappa shape index (κ1) is 20.8. The number of benzene rings is 2. The van der Waals surface area contributed by atoms with Crippen LogP contribution in [0.25, 0.3) is 0 Å². The van der Waals surface area contributed by atoms with Gasteiger partial charge in [-0.25, -0.2) is 0 Å². The summed E-state index contributed by atoms with van der Waals surface area (Å²) in [6.07, 6.45) is 0.934. The van der Waals surface area contributed by atoms with Crippen LogP contribution < -0.4 is 14.8 Å². The lowest BCUT2D eigenvalue weighted by atomic mass is 9.96. The Kier molecular flexibility index (Phi) is 5.77. The van der Waals surface area contributed by atoms with Gasteiger partial charge in [-0.3, -0.25) is 9.69 Å². The number of aliphatic hydroxyl groups excluding tert-OH is 1. The van der Waals surface area contributed by atoms with E-state index in [4.69, 9.17) is 21.1 Å². The standard InChI is InChI=1S/C22H25ClN2O5/c1-24-21(28)18-4-3-16(26)9-20(18)29-12-17(27)11-25-7-6-22(13-25)10-14-8-15(23)2-5-19(14)30-22/h2-5,8-9,17,26-27H,6-7,10-13H2,1H3,(H,24,28)/t17-,22?/m0/s1. The second kappa shape index (κ2) is 8.34. The van der Waals surface area contributed by atoms with E-state index >= 15 is 0 Å². The van der Waals surface area contributed by atoms with Crippen LogP contribution >= 0.6 is 11.6 Å². The Balaban J connectivity index is 1.32. The van der Waals surface area contributed by atoms with Gasteiger partial charge in [0.25, 0.3) is 5.91 Å². The molecule has 0 aromatic heterocycles. The van der Waals surface area contributed by atoms with Gasteiger partial charge in [-0.15, -0.1) is 0 Å². The third-order valence-corrected chi connectivity index (χ3v) is 5.83. The summed E-state index contributed by atoms with van der Waals surface area (Å²) in [5, 5.41) is 23.4. The van der Waals surface area contributed by atoms with Crippen molar-refractivity contribution in [1.82, 2.24) is 10.2 Å². The van der Waals surface area contributed by atoms with Crippen LogP contribution in [0.1, 0.15) is 22.3 Å². The highest BCUT2D eigenvalue weighted by molar-refractivity contribution is 6.30. The fourth-order valence-corrected chi connectivity index (χ4v) is 4.40. The first-order valence-corrected chi connectivity index (χ1v) is 10.3. The van der Waals surface area contributed by atoms with E-state index < -0.39 is 6.10 Å². The number of rotatable bonds is 6. The van der Waals surface area contributed by atoms with E-state index in [9.17, 15) is 15.0 Å². The van der Waals surface area contributed by atoms with E-state index in [0.717, 1.165) is 30.7 Å². The highest BCUT2D eigenvalue weighted by Crippen LogP contribution is 2.41. The fourth-order valence-electron chi connectivity index (χ4n) is 4.20. The van der Waals surface area contributed by atoms with Gasteiger partial charge in [-0.2, -0.15) is 0 Å². The van der Waals surface area contributed by atoms with Crippen LogP contribution in [0.4, 0.5) is 0 Å². The molecule has 0 aliphatic carbocycles. The molecule has 30 heavy (non-hydrogen) atoms. The largest absolute Gasteiger partial charge is 0.508 e. The Morgan fingerprint density at radius 2 is 2.20 bits per heavy atom. The Labute approximate surface area is 180 Å². The lowest BCUT2D eigenvalue weighted by Gasteiger charge is -2.25. The molecule has 1 spiro atoms. The molecule has 8 heteroatoms. The van der Waals surface area contributed by atoms with E-state index in [1.807, 2.05) is 18.2 Å². The van der Waals surface area contributed by atoms with E-state index in [0.29, 0.717) is 23.7 Å². The van der Waals surface area contributed by atoms with Crippen molar-refractivity contribution in [3.8, 4) is 17.2 Å². The molecule has 4 rings (SSSR count). The van der Waals surface area contributed by atoms with Crippen LogP contribution in [0.2, 0.25) is 5.02 Å². The van der Waals surface area contributed by atoms with Crippen LogP contribution in [0.3, 0.4) is 0 Å². The maximum atomic E-state index is 12.0. The zero-order chi connectivity index (χ0) is 21.3. The van der Waals surface area contributed by atoms with Gasteiger partial charge >= 0.3 is 0 Å². The predicted octanol–water partition coefficient (Wildman–Crippen LogP) is 2.22. The summed E-state index contributed by atoms with van der Waals surface area (Å²) in [6.45, 7) is 1.96. The van der Waals surface area contributed by atoms with Crippen molar-refractivity contribution in [2.24, 2.45) is 0 Å². The summed E-state index contributed by atoms with van der Waals surface area (Å²) in [5.74, 6) is 0.791. The maximum absolute atomic E-state index is 12.0. The van der Waals surface area contributed by atoms with Crippen LogP contribution in [0, 0.1) is 0 Å². The number of hydrogen-bond acceptors (Lipinski definition) is 6. The summed E-state index contributed by atoms with van der Waals surface area (Å²) in [5.41, 5.74) is 1.16. The third kappa shape index (κ3) is 4.33. The molecule has 0 bridgehead atoms.